The number of alkyl halides is 3. The average molecular weight is 386 g/mol. The summed E-state index contributed by atoms with van der Waals surface area (Å²) in [6.45, 7) is 0.968. The fourth-order valence-corrected chi connectivity index (χ4v) is 2.69. The van der Waals surface area contributed by atoms with Gasteiger partial charge in [0.05, 0.1) is 0 Å². The predicted octanol–water partition coefficient (Wildman–Crippen LogP) is 2.61. The Morgan fingerprint density at radius 3 is 2.63 bits per heavy atom. The first-order chi connectivity index (χ1) is 12.8. The first-order valence-corrected chi connectivity index (χ1v) is 8.17. The van der Waals surface area contributed by atoms with Crippen LogP contribution in [0, 0.1) is 5.92 Å². The first-order valence-electron chi connectivity index (χ1n) is 8.17. The maximum Gasteiger partial charge on any atom is 0.573 e. The van der Waals surface area contributed by atoms with E-state index in [0.717, 1.165) is 18.6 Å². The van der Waals surface area contributed by atoms with E-state index in [9.17, 15) is 18.0 Å². The van der Waals surface area contributed by atoms with Crippen molar-refractivity contribution in [1.82, 2.24) is 9.88 Å². The molecule has 1 N–H and O–H groups in total. The zero-order chi connectivity index (χ0) is 19.4. The summed E-state index contributed by atoms with van der Waals surface area (Å²) in [5, 5.41) is 9.14. The lowest BCUT2D eigenvalue weighted by atomic mass is 10.1. The Morgan fingerprint density at radius 2 is 2.00 bits per heavy atom. The standard InChI is InChI=1S/C17H17F3N2O5/c18-17(19,20)27-13-3-1-12(2-4-13)25-10-15-21-14(9-26-15)16(24)22-6-5-11(7-22)8-23/h1-4,9,11,23H,5-8,10H2/t11-/m0/s1. The summed E-state index contributed by atoms with van der Waals surface area (Å²) in [6, 6.07) is 4.88. The summed E-state index contributed by atoms with van der Waals surface area (Å²) in [6.07, 6.45) is -2.78. The second-order valence-electron chi connectivity index (χ2n) is 6.02. The van der Waals surface area contributed by atoms with Crippen LogP contribution in [0.3, 0.4) is 0 Å². The second-order valence-corrected chi connectivity index (χ2v) is 6.02. The number of nitrogens with zero attached hydrogens (tertiary/aromatic N) is 2. The topological polar surface area (TPSA) is 85.0 Å². The van der Waals surface area contributed by atoms with Crippen molar-refractivity contribution in [3.63, 3.8) is 0 Å². The van der Waals surface area contributed by atoms with Gasteiger partial charge in [-0.15, -0.1) is 13.2 Å². The van der Waals surface area contributed by atoms with E-state index in [1.54, 1.807) is 4.90 Å². The Balaban J connectivity index is 1.53. The smallest absolute Gasteiger partial charge is 0.484 e. The molecule has 1 aromatic heterocycles. The molecule has 7 nitrogen and oxygen atoms in total. The Kier molecular flexibility index (Phi) is 5.54. The summed E-state index contributed by atoms with van der Waals surface area (Å²) in [5.74, 6) is -0.110. The number of benzene rings is 1. The molecule has 1 aromatic carbocycles. The summed E-state index contributed by atoms with van der Waals surface area (Å²) < 4.78 is 50.7. The van der Waals surface area contributed by atoms with Crippen LogP contribution in [0.2, 0.25) is 0 Å². The number of aromatic nitrogens is 1. The molecule has 1 saturated heterocycles. The Hall–Kier alpha value is -2.75. The number of carbonyl (C=O) groups excluding carboxylic acids is 1. The number of oxazole rings is 1. The molecule has 27 heavy (non-hydrogen) atoms. The highest BCUT2D eigenvalue weighted by molar-refractivity contribution is 5.92. The van der Waals surface area contributed by atoms with E-state index in [-0.39, 0.29) is 42.4 Å². The van der Waals surface area contributed by atoms with E-state index in [1.807, 2.05) is 0 Å². The number of ether oxygens (including phenoxy) is 2. The highest BCUT2D eigenvalue weighted by Crippen LogP contribution is 2.25. The number of halogens is 3. The highest BCUT2D eigenvalue weighted by atomic mass is 19.4. The largest absolute Gasteiger partial charge is 0.573 e. The van der Waals surface area contributed by atoms with Crippen LogP contribution in [-0.2, 0) is 6.61 Å². The van der Waals surface area contributed by atoms with Gasteiger partial charge in [0.2, 0.25) is 5.89 Å². The third-order valence-electron chi connectivity index (χ3n) is 4.02. The molecule has 1 amide bonds. The molecule has 0 saturated carbocycles. The van der Waals surface area contributed by atoms with Crippen molar-refractivity contribution in [1.29, 1.82) is 0 Å². The van der Waals surface area contributed by atoms with Crippen LogP contribution in [-0.4, -0.2) is 47.0 Å². The molecule has 0 aliphatic carbocycles. The summed E-state index contributed by atoms with van der Waals surface area (Å²) in [5.41, 5.74) is 0.140. The fourth-order valence-electron chi connectivity index (χ4n) is 2.69. The molecule has 0 unspecified atom stereocenters. The van der Waals surface area contributed by atoms with E-state index >= 15 is 0 Å². The SMILES string of the molecule is O=C(c1coc(COc2ccc(OC(F)(F)F)cc2)n1)N1CC[C@H](CO)C1. The van der Waals surface area contributed by atoms with Crippen molar-refractivity contribution < 1.29 is 37.0 Å². The molecule has 1 atom stereocenters. The minimum absolute atomic E-state index is 0.0362. The van der Waals surface area contributed by atoms with Crippen LogP contribution in [0.15, 0.2) is 34.9 Å². The van der Waals surface area contributed by atoms with Gasteiger partial charge in [-0.25, -0.2) is 4.98 Å². The number of hydrogen-bond acceptors (Lipinski definition) is 6. The molecule has 1 aliphatic rings. The van der Waals surface area contributed by atoms with E-state index in [1.165, 1.54) is 18.4 Å². The van der Waals surface area contributed by atoms with Crippen LogP contribution in [0.25, 0.3) is 0 Å². The lowest BCUT2D eigenvalue weighted by molar-refractivity contribution is -0.274. The zero-order valence-electron chi connectivity index (χ0n) is 14.1. The first kappa shape index (κ1) is 19.0. The van der Waals surface area contributed by atoms with Gasteiger partial charge in [0.1, 0.15) is 17.8 Å². The number of hydrogen-bond donors (Lipinski definition) is 1. The van der Waals surface area contributed by atoms with Gasteiger partial charge in [-0.3, -0.25) is 4.79 Å². The number of aliphatic hydroxyl groups excluding tert-OH is 1. The van der Waals surface area contributed by atoms with Gasteiger partial charge >= 0.3 is 6.36 Å². The molecule has 2 aromatic rings. The molecular formula is C17H17F3N2O5. The van der Waals surface area contributed by atoms with Gasteiger partial charge in [0.25, 0.3) is 5.91 Å². The van der Waals surface area contributed by atoms with Gasteiger partial charge in [-0.2, -0.15) is 0 Å². The molecule has 3 rings (SSSR count). The van der Waals surface area contributed by atoms with Crippen molar-refractivity contribution in [3.05, 3.63) is 42.1 Å². The van der Waals surface area contributed by atoms with Crippen molar-refractivity contribution >= 4 is 5.91 Å². The van der Waals surface area contributed by atoms with Crippen molar-refractivity contribution in [3.8, 4) is 11.5 Å². The fraction of sp³-hybridized carbons (Fsp3) is 0.412. The second kappa shape index (κ2) is 7.87. The van der Waals surface area contributed by atoms with Gasteiger partial charge in [0.15, 0.2) is 12.3 Å². The maximum absolute atomic E-state index is 12.3. The van der Waals surface area contributed by atoms with Crippen LogP contribution < -0.4 is 9.47 Å². The van der Waals surface area contributed by atoms with Crippen molar-refractivity contribution in [2.45, 2.75) is 19.4 Å². The minimum Gasteiger partial charge on any atom is -0.484 e. The molecule has 0 bridgehead atoms. The monoisotopic (exact) mass is 386 g/mol. The Bertz CT molecular complexity index is 776. The molecule has 146 valence electrons. The lowest BCUT2D eigenvalue weighted by Gasteiger charge is -2.13. The quantitative estimate of drug-likeness (QED) is 0.822. The van der Waals surface area contributed by atoms with E-state index in [2.05, 4.69) is 9.72 Å². The average Bonchev–Trinajstić information content (AvgIpc) is 3.29. The lowest BCUT2D eigenvalue weighted by Crippen LogP contribution is -2.29. The number of amides is 1. The third kappa shape index (κ3) is 5.13. The minimum atomic E-state index is -4.75. The number of aliphatic hydroxyl groups is 1. The predicted molar refractivity (Wildman–Crippen MR) is 85.1 cm³/mol. The van der Waals surface area contributed by atoms with Gasteiger partial charge in [-0.1, -0.05) is 0 Å². The molecule has 1 aliphatic heterocycles. The number of likely N-dealkylation sites (tertiary alicyclic amines) is 1. The number of rotatable bonds is 6. The molecule has 0 spiro atoms. The van der Waals surface area contributed by atoms with Crippen LogP contribution in [0.1, 0.15) is 22.8 Å². The maximum atomic E-state index is 12.3. The van der Waals surface area contributed by atoms with Crippen molar-refractivity contribution in [2.75, 3.05) is 19.7 Å². The van der Waals surface area contributed by atoms with Crippen LogP contribution in [0.5, 0.6) is 11.5 Å². The highest BCUT2D eigenvalue weighted by Gasteiger charge is 2.31. The van der Waals surface area contributed by atoms with Gasteiger partial charge < -0.3 is 23.9 Å². The third-order valence-corrected chi connectivity index (χ3v) is 4.02. The van der Waals surface area contributed by atoms with Gasteiger partial charge in [-0.05, 0) is 30.7 Å². The molecule has 0 radical (unpaired) electrons. The zero-order valence-corrected chi connectivity index (χ0v) is 14.1. The van der Waals surface area contributed by atoms with E-state index < -0.39 is 6.36 Å². The van der Waals surface area contributed by atoms with Crippen LogP contribution >= 0.6 is 0 Å². The number of carbonyl (C=O) groups is 1. The summed E-state index contributed by atoms with van der Waals surface area (Å²) in [4.78, 5) is 18.0. The molecular weight excluding hydrogens is 369 g/mol. The normalized spacial score (nSPS) is 17.2. The van der Waals surface area contributed by atoms with Gasteiger partial charge in [0, 0.05) is 25.6 Å². The Morgan fingerprint density at radius 1 is 1.30 bits per heavy atom. The van der Waals surface area contributed by atoms with Crippen molar-refractivity contribution in [2.24, 2.45) is 5.92 Å². The van der Waals surface area contributed by atoms with E-state index in [0.29, 0.717) is 18.8 Å². The molecule has 2 heterocycles. The van der Waals surface area contributed by atoms with E-state index in [4.69, 9.17) is 14.3 Å². The molecule has 1 fully saturated rings. The Labute approximate surface area is 152 Å². The molecule has 10 heteroatoms. The summed E-state index contributed by atoms with van der Waals surface area (Å²) >= 11 is 0. The summed E-state index contributed by atoms with van der Waals surface area (Å²) in [7, 11) is 0. The van der Waals surface area contributed by atoms with Crippen LogP contribution in [0.4, 0.5) is 13.2 Å².